The maximum absolute atomic E-state index is 13.1. The maximum atomic E-state index is 13.1. The van der Waals surface area contributed by atoms with Crippen LogP contribution in [0, 0.1) is 11.8 Å². The zero-order valence-corrected chi connectivity index (χ0v) is 17.6. The molecule has 0 aromatic heterocycles. The Morgan fingerprint density at radius 3 is 2.66 bits per heavy atom. The Hall–Kier alpha value is -2.08. The number of hydrogen-bond acceptors (Lipinski definition) is 4. The van der Waals surface area contributed by atoms with Crippen LogP contribution in [0.15, 0.2) is 24.3 Å². The lowest BCUT2D eigenvalue weighted by Crippen LogP contribution is -2.51. The first-order valence-electron chi connectivity index (χ1n) is 11.0. The molecule has 3 aliphatic rings. The number of likely N-dealkylation sites (tertiary alicyclic amines) is 1. The minimum Gasteiger partial charge on any atom is -0.497 e. The van der Waals surface area contributed by atoms with Crippen molar-refractivity contribution in [3.8, 4) is 5.75 Å². The van der Waals surface area contributed by atoms with E-state index < -0.39 is 0 Å². The number of hydrogen-bond donors (Lipinski definition) is 1. The number of benzene rings is 1. The third-order valence-electron chi connectivity index (χ3n) is 7.15. The van der Waals surface area contributed by atoms with Crippen molar-refractivity contribution in [1.82, 2.24) is 15.1 Å². The smallest absolute Gasteiger partial charge is 0.226 e. The van der Waals surface area contributed by atoms with Crippen LogP contribution in [0.1, 0.15) is 50.1 Å². The van der Waals surface area contributed by atoms with Crippen molar-refractivity contribution in [2.45, 2.75) is 50.6 Å². The molecule has 0 bridgehead atoms. The molecule has 29 heavy (non-hydrogen) atoms. The molecule has 0 aliphatic carbocycles. The number of nitrogens with zero attached hydrogens (tertiary/aromatic N) is 2. The number of ether oxygens (including phenoxy) is 1. The van der Waals surface area contributed by atoms with Gasteiger partial charge < -0.3 is 19.9 Å². The van der Waals surface area contributed by atoms with E-state index in [0.717, 1.165) is 17.9 Å². The van der Waals surface area contributed by atoms with Gasteiger partial charge >= 0.3 is 0 Å². The van der Waals surface area contributed by atoms with Gasteiger partial charge in [-0.3, -0.25) is 9.59 Å². The molecule has 6 nitrogen and oxygen atoms in total. The van der Waals surface area contributed by atoms with Crippen molar-refractivity contribution in [2.24, 2.45) is 11.8 Å². The summed E-state index contributed by atoms with van der Waals surface area (Å²) in [5, 5.41) is 3.22. The Morgan fingerprint density at radius 2 is 1.90 bits per heavy atom. The summed E-state index contributed by atoms with van der Waals surface area (Å²) in [7, 11) is 3.43. The van der Waals surface area contributed by atoms with E-state index in [4.69, 9.17) is 4.74 Å². The van der Waals surface area contributed by atoms with Crippen molar-refractivity contribution in [3.63, 3.8) is 0 Å². The highest BCUT2D eigenvalue weighted by Gasteiger charge is 2.43. The zero-order valence-electron chi connectivity index (χ0n) is 17.6. The Bertz CT molecular complexity index is 733. The van der Waals surface area contributed by atoms with Gasteiger partial charge in [0.15, 0.2) is 0 Å². The van der Waals surface area contributed by atoms with Crippen LogP contribution in [0.2, 0.25) is 0 Å². The van der Waals surface area contributed by atoms with E-state index in [0.29, 0.717) is 12.0 Å². The number of nitrogens with one attached hydrogen (secondary N) is 1. The van der Waals surface area contributed by atoms with Crippen LogP contribution < -0.4 is 10.1 Å². The maximum Gasteiger partial charge on any atom is 0.226 e. The predicted octanol–water partition coefficient (Wildman–Crippen LogP) is 2.60. The van der Waals surface area contributed by atoms with Gasteiger partial charge in [-0.15, -0.1) is 0 Å². The minimum atomic E-state index is -0.341. The van der Waals surface area contributed by atoms with Gasteiger partial charge in [-0.2, -0.15) is 0 Å². The van der Waals surface area contributed by atoms with Gasteiger partial charge in [0.05, 0.1) is 19.1 Å². The summed E-state index contributed by atoms with van der Waals surface area (Å²) in [5.74, 6) is 1.00. The quantitative estimate of drug-likeness (QED) is 0.827. The van der Waals surface area contributed by atoms with Crippen molar-refractivity contribution < 1.29 is 14.3 Å². The number of methoxy groups -OCH3 is 1. The third-order valence-corrected chi connectivity index (χ3v) is 7.15. The van der Waals surface area contributed by atoms with E-state index in [1.165, 1.54) is 45.2 Å². The van der Waals surface area contributed by atoms with Gasteiger partial charge in [0.1, 0.15) is 5.75 Å². The predicted molar refractivity (Wildman–Crippen MR) is 112 cm³/mol. The van der Waals surface area contributed by atoms with Crippen molar-refractivity contribution in [3.05, 3.63) is 29.8 Å². The van der Waals surface area contributed by atoms with Gasteiger partial charge in [-0.05, 0) is 62.4 Å². The number of fused-ring (bicyclic) bond motifs is 1. The fraction of sp³-hybridized carbons (Fsp3) is 0.652. The third kappa shape index (κ3) is 4.13. The highest BCUT2D eigenvalue weighted by Crippen LogP contribution is 2.38. The Kier molecular flexibility index (Phi) is 6.09. The summed E-state index contributed by atoms with van der Waals surface area (Å²) < 4.78 is 5.24. The molecule has 3 heterocycles. The summed E-state index contributed by atoms with van der Waals surface area (Å²) in [6, 6.07) is 8.09. The van der Waals surface area contributed by atoms with Gasteiger partial charge in [0.25, 0.3) is 0 Å². The molecule has 6 heteroatoms. The molecule has 3 aliphatic heterocycles. The lowest BCUT2D eigenvalue weighted by Gasteiger charge is -2.44. The normalized spacial score (nSPS) is 30.1. The lowest BCUT2D eigenvalue weighted by molar-refractivity contribution is -0.128. The highest BCUT2D eigenvalue weighted by atomic mass is 16.5. The van der Waals surface area contributed by atoms with Gasteiger partial charge in [-0.25, -0.2) is 0 Å². The molecule has 158 valence electrons. The van der Waals surface area contributed by atoms with Crippen LogP contribution >= 0.6 is 0 Å². The van der Waals surface area contributed by atoms with Crippen LogP contribution in [0.3, 0.4) is 0 Å². The van der Waals surface area contributed by atoms with Crippen molar-refractivity contribution in [2.75, 3.05) is 33.8 Å². The monoisotopic (exact) mass is 399 g/mol. The number of amides is 2. The second kappa shape index (κ2) is 8.74. The molecular formula is C23H33N3O3. The van der Waals surface area contributed by atoms with Crippen molar-refractivity contribution in [1.29, 1.82) is 0 Å². The summed E-state index contributed by atoms with van der Waals surface area (Å²) in [5.41, 5.74) is 0.982. The first-order valence-corrected chi connectivity index (χ1v) is 11.0. The first-order chi connectivity index (χ1) is 14.1. The van der Waals surface area contributed by atoms with Gasteiger partial charge in [0.2, 0.25) is 11.8 Å². The number of rotatable bonds is 5. The molecule has 1 N–H and O–H groups in total. The molecule has 0 spiro atoms. The van der Waals surface area contributed by atoms with Crippen LogP contribution in [-0.2, 0) is 9.59 Å². The molecule has 3 saturated heterocycles. The standard InChI is InChI=1S/C23H33N3O3/c1-25-21(27)14-19(22(25)16-8-10-18(29-2)11-9-16)23(28)24-15-17-6-5-13-26-12-4-3-7-20(17)26/h8-11,17,19-20,22H,3-7,12-15H2,1-2H3,(H,24,28)/t17-,19-,20+,22+/m0/s1. The SMILES string of the molecule is COc1ccc([C@@H]2[C@@H](C(=O)NC[C@@H]3CCCN4CCCC[C@H]34)CC(=O)N2C)cc1. The Balaban J connectivity index is 1.42. The largest absolute Gasteiger partial charge is 0.497 e. The van der Waals surface area contributed by atoms with Crippen LogP contribution in [0.4, 0.5) is 0 Å². The van der Waals surface area contributed by atoms with Crippen LogP contribution in [-0.4, -0.2) is 61.4 Å². The number of piperidine rings is 2. The molecular weight excluding hydrogens is 366 g/mol. The van der Waals surface area contributed by atoms with E-state index >= 15 is 0 Å². The van der Waals surface area contributed by atoms with Crippen LogP contribution in [0.5, 0.6) is 5.75 Å². The molecule has 4 rings (SSSR count). The molecule has 0 unspecified atom stereocenters. The van der Waals surface area contributed by atoms with Crippen LogP contribution in [0.25, 0.3) is 0 Å². The molecule has 0 saturated carbocycles. The number of carbonyl (C=O) groups is 2. The second-order valence-corrected chi connectivity index (χ2v) is 8.78. The Labute approximate surface area is 173 Å². The minimum absolute atomic E-state index is 0.0106. The van der Waals surface area contributed by atoms with E-state index in [1.54, 1.807) is 19.1 Å². The molecule has 0 radical (unpaired) electrons. The summed E-state index contributed by atoms with van der Waals surface area (Å²) in [6.07, 6.45) is 6.53. The highest BCUT2D eigenvalue weighted by molar-refractivity contribution is 5.90. The van der Waals surface area contributed by atoms with Gasteiger partial charge in [0, 0.05) is 26.1 Å². The lowest BCUT2D eigenvalue weighted by atomic mass is 9.83. The average molecular weight is 400 g/mol. The fourth-order valence-corrected chi connectivity index (χ4v) is 5.54. The summed E-state index contributed by atoms with van der Waals surface area (Å²) in [4.78, 5) is 29.9. The van der Waals surface area contributed by atoms with E-state index in [1.807, 2.05) is 24.3 Å². The zero-order chi connectivity index (χ0) is 20.4. The van der Waals surface area contributed by atoms with Crippen molar-refractivity contribution >= 4 is 11.8 Å². The van der Waals surface area contributed by atoms with E-state index in [9.17, 15) is 9.59 Å². The number of carbonyl (C=O) groups excluding carboxylic acids is 2. The van der Waals surface area contributed by atoms with Gasteiger partial charge in [-0.1, -0.05) is 18.6 Å². The molecule has 3 fully saturated rings. The molecule has 1 aromatic carbocycles. The molecule has 2 amide bonds. The van der Waals surface area contributed by atoms with E-state index in [2.05, 4.69) is 10.2 Å². The Morgan fingerprint density at radius 1 is 1.14 bits per heavy atom. The average Bonchev–Trinajstić information content (AvgIpc) is 3.06. The molecule has 1 aromatic rings. The van der Waals surface area contributed by atoms with E-state index in [-0.39, 0.29) is 30.2 Å². The summed E-state index contributed by atoms with van der Waals surface area (Å²) in [6.45, 7) is 3.14. The first kappa shape index (κ1) is 20.2. The second-order valence-electron chi connectivity index (χ2n) is 8.78. The fourth-order valence-electron chi connectivity index (χ4n) is 5.54. The molecule has 4 atom stereocenters. The topological polar surface area (TPSA) is 61.9 Å². The summed E-state index contributed by atoms with van der Waals surface area (Å²) >= 11 is 0.